The van der Waals surface area contributed by atoms with Gasteiger partial charge in [-0.05, 0) is 0 Å². The minimum atomic E-state index is -0.0470. The van der Waals surface area contributed by atoms with Gasteiger partial charge in [0.15, 0.2) is 0 Å². The molecular formula is C9H13N3O2. The van der Waals surface area contributed by atoms with E-state index in [0.29, 0.717) is 19.0 Å². The van der Waals surface area contributed by atoms with Crippen molar-refractivity contribution in [2.45, 2.75) is 19.6 Å². The first-order chi connectivity index (χ1) is 6.81. The summed E-state index contributed by atoms with van der Waals surface area (Å²) in [5, 5.41) is 3.14. The SMILES string of the molecule is COCc1nc2c(c(=O)[nH]1)CNCC2. The Hall–Kier alpha value is -1.20. The highest BCUT2D eigenvalue weighted by Crippen LogP contribution is 2.06. The fraction of sp³-hybridized carbons (Fsp3) is 0.556. The van der Waals surface area contributed by atoms with Crippen molar-refractivity contribution in [1.82, 2.24) is 15.3 Å². The van der Waals surface area contributed by atoms with Crippen LogP contribution in [0.5, 0.6) is 0 Å². The fourth-order valence-corrected chi connectivity index (χ4v) is 1.61. The molecule has 2 N–H and O–H groups in total. The highest BCUT2D eigenvalue weighted by atomic mass is 16.5. The molecule has 5 nitrogen and oxygen atoms in total. The average Bonchev–Trinajstić information content (AvgIpc) is 2.18. The number of nitrogens with zero attached hydrogens (tertiary/aromatic N) is 1. The molecule has 0 amide bonds. The van der Waals surface area contributed by atoms with Gasteiger partial charge in [0.25, 0.3) is 5.56 Å². The lowest BCUT2D eigenvalue weighted by atomic mass is 10.1. The summed E-state index contributed by atoms with van der Waals surface area (Å²) in [7, 11) is 1.58. The molecule has 2 rings (SSSR count). The van der Waals surface area contributed by atoms with Crippen LogP contribution in [0.4, 0.5) is 0 Å². The highest BCUT2D eigenvalue weighted by molar-refractivity contribution is 5.20. The summed E-state index contributed by atoms with van der Waals surface area (Å²) in [4.78, 5) is 18.6. The zero-order valence-corrected chi connectivity index (χ0v) is 8.09. The molecule has 0 unspecified atom stereocenters. The van der Waals surface area contributed by atoms with E-state index in [-0.39, 0.29) is 5.56 Å². The average molecular weight is 195 g/mol. The van der Waals surface area contributed by atoms with Crippen LogP contribution in [0.25, 0.3) is 0 Å². The number of ether oxygens (including phenoxy) is 1. The largest absolute Gasteiger partial charge is 0.377 e. The Labute approximate surface area is 81.5 Å². The van der Waals surface area contributed by atoms with E-state index >= 15 is 0 Å². The van der Waals surface area contributed by atoms with Crippen molar-refractivity contribution in [2.75, 3.05) is 13.7 Å². The van der Waals surface area contributed by atoms with Gasteiger partial charge in [0, 0.05) is 26.6 Å². The van der Waals surface area contributed by atoms with Crippen LogP contribution in [-0.4, -0.2) is 23.6 Å². The molecule has 76 valence electrons. The molecule has 0 saturated heterocycles. The number of hydrogen-bond acceptors (Lipinski definition) is 4. The summed E-state index contributed by atoms with van der Waals surface area (Å²) in [5.74, 6) is 0.609. The smallest absolute Gasteiger partial charge is 0.255 e. The molecule has 1 aliphatic rings. The first kappa shape index (κ1) is 9.36. The van der Waals surface area contributed by atoms with E-state index in [4.69, 9.17) is 4.74 Å². The maximum absolute atomic E-state index is 11.6. The summed E-state index contributed by atoms with van der Waals surface area (Å²) in [6, 6.07) is 0. The third-order valence-corrected chi connectivity index (χ3v) is 2.27. The quantitative estimate of drug-likeness (QED) is 0.671. The molecule has 0 aliphatic carbocycles. The molecular weight excluding hydrogens is 182 g/mol. The van der Waals surface area contributed by atoms with Gasteiger partial charge in [-0.15, -0.1) is 0 Å². The van der Waals surface area contributed by atoms with E-state index in [1.54, 1.807) is 7.11 Å². The van der Waals surface area contributed by atoms with Crippen LogP contribution in [0, 0.1) is 0 Å². The molecule has 1 aromatic rings. The van der Waals surface area contributed by atoms with E-state index < -0.39 is 0 Å². The Morgan fingerprint density at radius 2 is 2.43 bits per heavy atom. The third-order valence-electron chi connectivity index (χ3n) is 2.27. The Balaban J connectivity index is 2.41. The van der Waals surface area contributed by atoms with Crippen molar-refractivity contribution in [2.24, 2.45) is 0 Å². The first-order valence-electron chi connectivity index (χ1n) is 4.62. The predicted octanol–water partition coefficient (Wildman–Crippen LogP) is -0.438. The zero-order chi connectivity index (χ0) is 9.97. The minimum Gasteiger partial charge on any atom is -0.377 e. The monoisotopic (exact) mass is 195 g/mol. The van der Waals surface area contributed by atoms with Crippen LogP contribution in [0.3, 0.4) is 0 Å². The van der Waals surface area contributed by atoms with Crippen molar-refractivity contribution in [3.63, 3.8) is 0 Å². The van der Waals surface area contributed by atoms with E-state index in [9.17, 15) is 4.79 Å². The molecule has 5 heteroatoms. The summed E-state index contributed by atoms with van der Waals surface area (Å²) < 4.78 is 4.93. The zero-order valence-electron chi connectivity index (χ0n) is 8.09. The van der Waals surface area contributed by atoms with Gasteiger partial charge >= 0.3 is 0 Å². The van der Waals surface area contributed by atoms with Gasteiger partial charge in [0.05, 0.1) is 11.3 Å². The number of methoxy groups -OCH3 is 1. The molecule has 1 aliphatic heterocycles. The van der Waals surface area contributed by atoms with Gasteiger partial charge in [0.1, 0.15) is 12.4 Å². The molecule has 14 heavy (non-hydrogen) atoms. The Morgan fingerprint density at radius 3 is 3.21 bits per heavy atom. The molecule has 0 saturated carbocycles. The fourth-order valence-electron chi connectivity index (χ4n) is 1.61. The van der Waals surface area contributed by atoms with Gasteiger partial charge in [-0.25, -0.2) is 4.98 Å². The van der Waals surface area contributed by atoms with Gasteiger partial charge in [-0.2, -0.15) is 0 Å². The van der Waals surface area contributed by atoms with Crippen molar-refractivity contribution >= 4 is 0 Å². The van der Waals surface area contributed by atoms with Crippen molar-refractivity contribution in [3.8, 4) is 0 Å². The van der Waals surface area contributed by atoms with Gasteiger partial charge in [-0.3, -0.25) is 4.79 Å². The standard InChI is InChI=1S/C9H13N3O2/c1-14-5-8-11-7-2-3-10-4-6(7)9(13)12-8/h10H,2-5H2,1H3,(H,11,12,13). The van der Waals surface area contributed by atoms with Crippen LogP contribution in [0.1, 0.15) is 17.1 Å². The second-order valence-electron chi connectivity index (χ2n) is 3.30. The van der Waals surface area contributed by atoms with E-state index in [0.717, 1.165) is 24.2 Å². The number of nitrogens with one attached hydrogen (secondary N) is 2. The number of aromatic amines is 1. The van der Waals surface area contributed by atoms with Gasteiger partial charge < -0.3 is 15.0 Å². The second-order valence-corrected chi connectivity index (χ2v) is 3.30. The Bertz CT molecular complexity index is 386. The summed E-state index contributed by atoms with van der Waals surface area (Å²) in [6.45, 7) is 1.86. The topological polar surface area (TPSA) is 67.0 Å². The Kier molecular flexibility index (Phi) is 2.60. The molecule has 2 heterocycles. The molecule has 0 aromatic carbocycles. The van der Waals surface area contributed by atoms with E-state index in [1.807, 2.05) is 0 Å². The van der Waals surface area contributed by atoms with Crippen LogP contribution >= 0.6 is 0 Å². The highest BCUT2D eigenvalue weighted by Gasteiger charge is 2.14. The molecule has 0 atom stereocenters. The third kappa shape index (κ3) is 1.69. The van der Waals surface area contributed by atoms with Crippen molar-refractivity contribution in [1.29, 1.82) is 0 Å². The Morgan fingerprint density at radius 1 is 1.57 bits per heavy atom. The van der Waals surface area contributed by atoms with E-state index in [1.165, 1.54) is 0 Å². The van der Waals surface area contributed by atoms with Crippen LogP contribution in [0.15, 0.2) is 4.79 Å². The lowest BCUT2D eigenvalue weighted by Gasteiger charge is -2.15. The van der Waals surface area contributed by atoms with Crippen molar-refractivity contribution in [3.05, 3.63) is 27.4 Å². The maximum atomic E-state index is 11.6. The first-order valence-corrected chi connectivity index (χ1v) is 4.62. The maximum Gasteiger partial charge on any atom is 0.255 e. The summed E-state index contributed by atoms with van der Waals surface area (Å²) in [5.41, 5.74) is 1.62. The van der Waals surface area contributed by atoms with Crippen LogP contribution in [-0.2, 0) is 24.3 Å². The molecule has 0 fully saturated rings. The van der Waals surface area contributed by atoms with Crippen molar-refractivity contribution < 1.29 is 4.74 Å². The number of rotatable bonds is 2. The van der Waals surface area contributed by atoms with Crippen LogP contribution < -0.4 is 10.9 Å². The lowest BCUT2D eigenvalue weighted by molar-refractivity contribution is 0.177. The molecule has 0 radical (unpaired) electrons. The number of hydrogen-bond donors (Lipinski definition) is 2. The summed E-state index contributed by atoms with van der Waals surface area (Å²) in [6.07, 6.45) is 0.815. The minimum absolute atomic E-state index is 0.0470. The van der Waals surface area contributed by atoms with E-state index in [2.05, 4.69) is 15.3 Å². The molecule has 0 bridgehead atoms. The lowest BCUT2D eigenvalue weighted by Crippen LogP contribution is -2.32. The second kappa shape index (κ2) is 3.89. The summed E-state index contributed by atoms with van der Waals surface area (Å²) >= 11 is 0. The number of aromatic nitrogens is 2. The molecule has 0 spiro atoms. The predicted molar refractivity (Wildman–Crippen MR) is 51.0 cm³/mol. The normalized spacial score (nSPS) is 15.2. The number of fused-ring (bicyclic) bond motifs is 1. The van der Waals surface area contributed by atoms with Gasteiger partial charge in [0.2, 0.25) is 0 Å². The van der Waals surface area contributed by atoms with Crippen LogP contribution in [0.2, 0.25) is 0 Å². The molecule has 1 aromatic heterocycles. The number of H-pyrrole nitrogens is 1. The van der Waals surface area contributed by atoms with Gasteiger partial charge in [-0.1, -0.05) is 0 Å².